The van der Waals surface area contributed by atoms with E-state index in [1.807, 2.05) is 11.8 Å². The minimum absolute atomic E-state index is 0.635. The molecule has 2 N–H and O–H groups in total. The number of nitrogens with zero attached hydrogens (tertiary/aromatic N) is 1. The Morgan fingerprint density at radius 1 is 1.57 bits per heavy atom. The second-order valence-electron chi connectivity index (χ2n) is 3.57. The monoisotopic (exact) mass is 234 g/mol. The van der Waals surface area contributed by atoms with Gasteiger partial charge >= 0.3 is 0 Å². The molecule has 1 atom stereocenters. The second-order valence-corrected chi connectivity index (χ2v) is 5.00. The van der Waals surface area contributed by atoms with Crippen molar-refractivity contribution in [3.63, 3.8) is 0 Å². The minimum atomic E-state index is 0.635. The summed E-state index contributed by atoms with van der Waals surface area (Å²) in [5.41, 5.74) is 5.45. The van der Waals surface area contributed by atoms with E-state index in [-0.39, 0.29) is 0 Å². The number of nitrogens with two attached hydrogens (primary N) is 1. The summed E-state index contributed by atoms with van der Waals surface area (Å²) in [6, 6.07) is 0.691. The van der Waals surface area contributed by atoms with Crippen LogP contribution in [0.2, 0.25) is 0 Å². The average molecular weight is 234 g/mol. The summed E-state index contributed by atoms with van der Waals surface area (Å²) < 4.78 is 0. The Hall–Kier alpha value is 0.200. The summed E-state index contributed by atoms with van der Waals surface area (Å²) in [7, 11) is 2.18. The third-order valence-corrected chi connectivity index (χ3v) is 3.31. The van der Waals surface area contributed by atoms with Crippen LogP contribution in [0.15, 0.2) is 0 Å². The highest BCUT2D eigenvalue weighted by Gasteiger charge is 2.10. The van der Waals surface area contributed by atoms with Gasteiger partial charge in [-0.05, 0) is 39.1 Å². The van der Waals surface area contributed by atoms with Gasteiger partial charge in [-0.15, -0.1) is 0 Å². The summed E-state index contributed by atoms with van der Waals surface area (Å²) in [6.07, 6.45) is 5.32. The predicted octanol–water partition coefficient (Wildman–Crippen LogP) is 2.13. The van der Waals surface area contributed by atoms with Gasteiger partial charge in [0, 0.05) is 11.8 Å². The lowest BCUT2D eigenvalue weighted by Gasteiger charge is -2.26. The quantitative estimate of drug-likeness (QED) is 0.652. The van der Waals surface area contributed by atoms with Crippen molar-refractivity contribution < 1.29 is 0 Å². The molecule has 84 valence electrons. The van der Waals surface area contributed by atoms with Crippen LogP contribution >= 0.6 is 24.0 Å². The molecular weight excluding hydrogens is 212 g/mol. The van der Waals surface area contributed by atoms with Crippen LogP contribution in [0, 0.1) is 0 Å². The van der Waals surface area contributed by atoms with Crippen LogP contribution in [0.3, 0.4) is 0 Å². The van der Waals surface area contributed by atoms with Crippen molar-refractivity contribution in [3.8, 4) is 0 Å². The van der Waals surface area contributed by atoms with Gasteiger partial charge in [-0.3, -0.25) is 0 Å². The van der Waals surface area contributed by atoms with Crippen LogP contribution in [-0.4, -0.2) is 41.5 Å². The number of hydrogen-bond acceptors (Lipinski definition) is 3. The van der Waals surface area contributed by atoms with Crippen LogP contribution in [0.1, 0.15) is 26.2 Å². The highest BCUT2D eigenvalue weighted by Crippen LogP contribution is 2.09. The molecule has 0 spiro atoms. The van der Waals surface area contributed by atoms with Crippen LogP contribution in [0.4, 0.5) is 0 Å². The highest BCUT2D eigenvalue weighted by atomic mass is 32.2. The van der Waals surface area contributed by atoms with Crippen LogP contribution in [-0.2, 0) is 0 Å². The van der Waals surface area contributed by atoms with Crippen LogP contribution < -0.4 is 5.73 Å². The Balaban J connectivity index is 3.68. The molecule has 0 aromatic heterocycles. The van der Waals surface area contributed by atoms with E-state index >= 15 is 0 Å². The molecule has 0 rings (SSSR count). The van der Waals surface area contributed by atoms with E-state index in [1.54, 1.807) is 0 Å². The van der Waals surface area contributed by atoms with E-state index in [0.29, 0.717) is 11.0 Å². The smallest absolute Gasteiger partial charge is 0.0727 e. The lowest BCUT2D eigenvalue weighted by Crippen LogP contribution is -2.34. The normalized spacial score (nSPS) is 13.1. The van der Waals surface area contributed by atoms with Crippen molar-refractivity contribution in [2.75, 3.05) is 25.6 Å². The van der Waals surface area contributed by atoms with Crippen molar-refractivity contribution in [2.45, 2.75) is 32.2 Å². The fraction of sp³-hybridized carbons (Fsp3) is 0.900. The van der Waals surface area contributed by atoms with E-state index in [1.165, 1.54) is 12.2 Å². The minimum Gasteiger partial charge on any atom is -0.393 e. The molecule has 0 aromatic rings. The molecule has 0 aliphatic rings. The molecule has 0 aromatic carbocycles. The largest absolute Gasteiger partial charge is 0.393 e. The first-order valence-electron chi connectivity index (χ1n) is 5.09. The molecule has 0 saturated carbocycles. The highest BCUT2D eigenvalue weighted by molar-refractivity contribution is 7.98. The summed E-state index contributed by atoms with van der Waals surface area (Å²) in [4.78, 5) is 3.05. The third-order valence-electron chi connectivity index (χ3n) is 2.39. The van der Waals surface area contributed by atoms with E-state index < -0.39 is 0 Å². The molecule has 0 radical (unpaired) electrons. The van der Waals surface area contributed by atoms with Crippen molar-refractivity contribution in [2.24, 2.45) is 5.73 Å². The maximum atomic E-state index is 5.45. The topological polar surface area (TPSA) is 29.3 Å². The predicted molar refractivity (Wildman–Crippen MR) is 71.1 cm³/mol. The van der Waals surface area contributed by atoms with Gasteiger partial charge < -0.3 is 10.6 Å². The maximum Gasteiger partial charge on any atom is 0.0727 e. The van der Waals surface area contributed by atoms with Crippen molar-refractivity contribution >= 4 is 29.0 Å². The molecular formula is C10H22N2S2. The fourth-order valence-electron chi connectivity index (χ4n) is 1.43. The van der Waals surface area contributed by atoms with Gasteiger partial charge in [0.25, 0.3) is 0 Å². The van der Waals surface area contributed by atoms with E-state index in [4.69, 9.17) is 18.0 Å². The Bertz CT molecular complexity index is 162. The first-order chi connectivity index (χ1) is 6.61. The van der Waals surface area contributed by atoms with Gasteiger partial charge in [0.05, 0.1) is 4.99 Å². The molecule has 2 nitrogen and oxygen atoms in total. The molecule has 0 bridgehead atoms. The van der Waals surface area contributed by atoms with E-state index in [0.717, 1.165) is 19.4 Å². The van der Waals surface area contributed by atoms with E-state index in [9.17, 15) is 0 Å². The Kier molecular flexibility index (Phi) is 8.63. The van der Waals surface area contributed by atoms with Gasteiger partial charge in [0.1, 0.15) is 0 Å². The zero-order chi connectivity index (χ0) is 11.0. The molecule has 1 unspecified atom stereocenters. The maximum absolute atomic E-state index is 5.45. The molecule has 14 heavy (non-hydrogen) atoms. The number of thiocarbonyl (C=S) groups is 1. The zero-order valence-electron chi connectivity index (χ0n) is 9.45. The first-order valence-corrected chi connectivity index (χ1v) is 6.89. The molecule has 4 heteroatoms. The Labute approximate surface area is 97.6 Å². The second kappa shape index (κ2) is 8.50. The summed E-state index contributed by atoms with van der Waals surface area (Å²) in [6.45, 7) is 3.33. The number of rotatable bonds is 8. The molecule has 0 amide bonds. The summed E-state index contributed by atoms with van der Waals surface area (Å²) in [5.74, 6) is 1.21. The average Bonchev–Trinajstić information content (AvgIpc) is 2.13. The third kappa shape index (κ3) is 6.62. The molecule has 0 aliphatic carbocycles. The number of thioether (sulfide) groups is 1. The first kappa shape index (κ1) is 14.2. The van der Waals surface area contributed by atoms with Gasteiger partial charge in [0.2, 0.25) is 0 Å². The van der Waals surface area contributed by atoms with Gasteiger partial charge in [-0.2, -0.15) is 11.8 Å². The fourth-order valence-corrected chi connectivity index (χ4v) is 2.45. The lowest BCUT2D eigenvalue weighted by atomic mass is 10.2. The van der Waals surface area contributed by atoms with Crippen molar-refractivity contribution in [1.82, 2.24) is 4.90 Å². The molecule has 0 saturated heterocycles. The van der Waals surface area contributed by atoms with Gasteiger partial charge in [-0.25, -0.2) is 0 Å². The Morgan fingerprint density at radius 2 is 2.21 bits per heavy atom. The van der Waals surface area contributed by atoms with Crippen molar-refractivity contribution in [3.05, 3.63) is 0 Å². The lowest BCUT2D eigenvalue weighted by molar-refractivity contribution is 0.254. The summed E-state index contributed by atoms with van der Waals surface area (Å²) in [5, 5.41) is 0. The van der Waals surface area contributed by atoms with Gasteiger partial charge in [0.15, 0.2) is 0 Å². The number of hydrogen-bond donors (Lipinski definition) is 1. The van der Waals surface area contributed by atoms with E-state index in [2.05, 4.69) is 25.1 Å². The zero-order valence-corrected chi connectivity index (χ0v) is 11.1. The summed E-state index contributed by atoms with van der Waals surface area (Å²) >= 11 is 6.76. The SMILES string of the molecule is CCC(CSC)N(C)CCCC(N)=S. The molecule has 0 aliphatic heterocycles. The van der Waals surface area contributed by atoms with Crippen LogP contribution in [0.25, 0.3) is 0 Å². The van der Waals surface area contributed by atoms with Crippen LogP contribution in [0.5, 0.6) is 0 Å². The molecule has 0 heterocycles. The standard InChI is InChI=1S/C10H22N2S2/c1-4-9(8-14-3)12(2)7-5-6-10(11)13/h9H,4-8H2,1-3H3,(H2,11,13). The van der Waals surface area contributed by atoms with Crippen molar-refractivity contribution in [1.29, 1.82) is 0 Å². The molecule has 0 fully saturated rings. The van der Waals surface area contributed by atoms with Gasteiger partial charge in [-0.1, -0.05) is 19.1 Å². The Morgan fingerprint density at radius 3 is 2.64 bits per heavy atom.